The van der Waals surface area contributed by atoms with Gasteiger partial charge in [-0.25, -0.2) is 4.98 Å². The zero-order chi connectivity index (χ0) is 13.9. The molecule has 0 radical (unpaired) electrons. The maximum Gasteiger partial charge on any atom is 0.244 e. The van der Waals surface area contributed by atoms with Crippen LogP contribution in [0.25, 0.3) is 0 Å². The Morgan fingerprint density at radius 2 is 2.50 bits per heavy atom. The van der Waals surface area contributed by atoms with Crippen LogP contribution < -0.4 is 0 Å². The molecule has 1 aliphatic heterocycles. The minimum absolute atomic E-state index is 0.0466. The fourth-order valence-corrected chi connectivity index (χ4v) is 2.27. The Hall–Kier alpha value is -2.15. The summed E-state index contributed by atoms with van der Waals surface area (Å²) in [6.07, 6.45) is 5.04. The van der Waals surface area contributed by atoms with Crippen molar-refractivity contribution in [2.24, 2.45) is 0 Å². The number of aromatic nitrogens is 4. The number of H-pyrrole nitrogens is 1. The SMILES string of the molecule is Cc1cnc([C@H]2CN(C(=O)Cn3cccn3)CCO2)[nH]1. The Labute approximate surface area is 116 Å². The molecule has 7 heteroatoms. The molecule has 20 heavy (non-hydrogen) atoms. The number of hydrogen-bond acceptors (Lipinski definition) is 4. The predicted octanol–water partition coefficient (Wildman–Crippen LogP) is 0.515. The van der Waals surface area contributed by atoms with Gasteiger partial charge in [-0.2, -0.15) is 5.10 Å². The molecule has 1 N–H and O–H groups in total. The molecule has 2 aromatic rings. The van der Waals surface area contributed by atoms with E-state index >= 15 is 0 Å². The van der Waals surface area contributed by atoms with Gasteiger partial charge in [0.15, 0.2) is 0 Å². The van der Waals surface area contributed by atoms with E-state index in [0.717, 1.165) is 11.5 Å². The molecule has 3 heterocycles. The van der Waals surface area contributed by atoms with Crippen molar-refractivity contribution in [1.82, 2.24) is 24.6 Å². The molecule has 1 atom stereocenters. The van der Waals surface area contributed by atoms with Crippen molar-refractivity contribution in [2.75, 3.05) is 19.7 Å². The van der Waals surface area contributed by atoms with Crippen LogP contribution in [0.1, 0.15) is 17.6 Å². The highest BCUT2D eigenvalue weighted by Crippen LogP contribution is 2.19. The Morgan fingerprint density at radius 3 is 3.20 bits per heavy atom. The number of amides is 1. The minimum atomic E-state index is -0.181. The first-order valence-electron chi connectivity index (χ1n) is 6.60. The third-order valence-electron chi connectivity index (χ3n) is 3.30. The van der Waals surface area contributed by atoms with E-state index in [1.54, 1.807) is 34.2 Å². The van der Waals surface area contributed by atoms with Gasteiger partial charge in [0.1, 0.15) is 18.5 Å². The molecule has 0 saturated carbocycles. The van der Waals surface area contributed by atoms with Crippen LogP contribution in [-0.4, -0.2) is 50.3 Å². The number of carbonyl (C=O) groups is 1. The minimum Gasteiger partial charge on any atom is -0.367 e. The third-order valence-corrected chi connectivity index (χ3v) is 3.30. The van der Waals surface area contributed by atoms with Gasteiger partial charge in [0.25, 0.3) is 0 Å². The number of imidazole rings is 1. The lowest BCUT2D eigenvalue weighted by Gasteiger charge is -2.32. The van der Waals surface area contributed by atoms with E-state index in [1.807, 2.05) is 6.92 Å². The van der Waals surface area contributed by atoms with E-state index < -0.39 is 0 Å². The largest absolute Gasteiger partial charge is 0.367 e. The summed E-state index contributed by atoms with van der Waals surface area (Å²) in [5.41, 5.74) is 0.989. The molecule has 0 aromatic carbocycles. The van der Waals surface area contributed by atoms with E-state index in [9.17, 15) is 4.79 Å². The standard InChI is InChI=1S/C13H17N5O2/c1-10-7-14-13(16-10)11-8-17(5-6-20-11)12(19)9-18-4-2-3-15-18/h2-4,7,11H,5-6,8-9H2,1H3,(H,14,16)/t11-/m1/s1. The van der Waals surface area contributed by atoms with E-state index in [1.165, 1.54) is 0 Å². The summed E-state index contributed by atoms with van der Waals surface area (Å²) in [6.45, 7) is 3.86. The number of aromatic amines is 1. The van der Waals surface area contributed by atoms with Gasteiger partial charge in [-0.15, -0.1) is 0 Å². The molecular formula is C13H17N5O2. The quantitative estimate of drug-likeness (QED) is 0.885. The van der Waals surface area contributed by atoms with Gasteiger partial charge in [-0.1, -0.05) is 0 Å². The van der Waals surface area contributed by atoms with Gasteiger partial charge in [0, 0.05) is 30.8 Å². The van der Waals surface area contributed by atoms with Crippen LogP contribution in [0.2, 0.25) is 0 Å². The molecule has 0 bridgehead atoms. The molecule has 7 nitrogen and oxygen atoms in total. The first-order valence-corrected chi connectivity index (χ1v) is 6.60. The highest BCUT2D eigenvalue weighted by atomic mass is 16.5. The fourth-order valence-electron chi connectivity index (χ4n) is 2.27. The average Bonchev–Trinajstić information content (AvgIpc) is 3.10. The van der Waals surface area contributed by atoms with Crippen LogP contribution in [-0.2, 0) is 16.1 Å². The first-order chi connectivity index (χ1) is 9.72. The summed E-state index contributed by atoms with van der Waals surface area (Å²) in [6, 6.07) is 1.81. The van der Waals surface area contributed by atoms with Crippen molar-refractivity contribution in [3.8, 4) is 0 Å². The van der Waals surface area contributed by atoms with Crippen molar-refractivity contribution in [1.29, 1.82) is 0 Å². The number of hydrogen-bond donors (Lipinski definition) is 1. The molecule has 2 aromatic heterocycles. The number of rotatable bonds is 3. The summed E-state index contributed by atoms with van der Waals surface area (Å²) in [4.78, 5) is 21.5. The molecular weight excluding hydrogens is 258 g/mol. The van der Waals surface area contributed by atoms with Gasteiger partial charge >= 0.3 is 0 Å². The zero-order valence-corrected chi connectivity index (χ0v) is 11.3. The summed E-state index contributed by atoms with van der Waals surface area (Å²) in [7, 11) is 0. The van der Waals surface area contributed by atoms with Crippen molar-refractivity contribution in [2.45, 2.75) is 19.6 Å². The van der Waals surface area contributed by atoms with Gasteiger partial charge in [0.05, 0.1) is 13.2 Å². The fraction of sp³-hybridized carbons (Fsp3) is 0.462. The predicted molar refractivity (Wildman–Crippen MR) is 70.8 cm³/mol. The molecule has 1 aliphatic rings. The third kappa shape index (κ3) is 2.72. The Bertz CT molecular complexity index is 577. The van der Waals surface area contributed by atoms with Gasteiger partial charge < -0.3 is 14.6 Å². The van der Waals surface area contributed by atoms with E-state index in [4.69, 9.17) is 4.74 Å². The second kappa shape index (κ2) is 5.46. The van der Waals surface area contributed by atoms with Gasteiger partial charge in [-0.05, 0) is 13.0 Å². The number of aryl methyl sites for hydroxylation is 1. The Kier molecular flexibility index (Phi) is 3.51. The normalized spacial score (nSPS) is 19.2. The molecule has 106 valence electrons. The molecule has 3 rings (SSSR count). The lowest BCUT2D eigenvalue weighted by Crippen LogP contribution is -2.44. The molecule has 0 spiro atoms. The van der Waals surface area contributed by atoms with E-state index in [2.05, 4.69) is 15.1 Å². The van der Waals surface area contributed by atoms with Crippen LogP contribution in [0.5, 0.6) is 0 Å². The molecule has 1 saturated heterocycles. The number of nitrogens with one attached hydrogen (secondary N) is 1. The topological polar surface area (TPSA) is 76.0 Å². The van der Waals surface area contributed by atoms with Gasteiger partial charge in [-0.3, -0.25) is 9.48 Å². The number of nitrogens with zero attached hydrogens (tertiary/aromatic N) is 4. The van der Waals surface area contributed by atoms with Crippen molar-refractivity contribution < 1.29 is 9.53 Å². The Morgan fingerprint density at radius 1 is 1.60 bits per heavy atom. The highest BCUT2D eigenvalue weighted by Gasteiger charge is 2.27. The summed E-state index contributed by atoms with van der Waals surface area (Å²) in [5, 5.41) is 4.05. The molecule has 1 amide bonds. The average molecular weight is 275 g/mol. The van der Waals surface area contributed by atoms with Crippen molar-refractivity contribution in [3.05, 3.63) is 36.2 Å². The van der Waals surface area contributed by atoms with Crippen LogP contribution in [0, 0.1) is 6.92 Å². The second-order valence-corrected chi connectivity index (χ2v) is 4.85. The van der Waals surface area contributed by atoms with Crippen molar-refractivity contribution >= 4 is 5.91 Å². The van der Waals surface area contributed by atoms with Crippen LogP contribution >= 0.6 is 0 Å². The monoisotopic (exact) mass is 275 g/mol. The van der Waals surface area contributed by atoms with E-state index in [-0.39, 0.29) is 18.6 Å². The first kappa shape index (κ1) is 12.9. The summed E-state index contributed by atoms with van der Waals surface area (Å²) >= 11 is 0. The molecule has 0 unspecified atom stereocenters. The van der Waals surface area contributed by atoms with Crippen LogP contribution in [0.4, 0.5) is 0 Å². The maximum absolute atomic E-state index is 12.2. The lowest BCUT2D eigenvalue weighted by molar-refractivity contribution is -0.140. The highest BCUT2D eigenvalue weighted by molar-refractivity contribution is 5.76. The van der Waals surface area contributed by atoms with Crippen molar-refractivity contribution in [3.63, 3.8) is 0 Å². The van der Waals surface area contributed by atoms with Gasteiger partial charge in [0.2, 0.25) is 5.91 Å². The lowest BCUT2D eigenvalue weighted by atomic mass is 10.2. The number of morpholine rings is 1. The summed E-state index contributed by atoms with van der Waals surface area (Å²) in [5.74, 6) is 0.823. The van der Waals surface area contributed by atoms with Crippen LogP contribution in [0.15, 0.2) is 24.7 Å². The molecule has 1 fully saturated rings. The Balaban J connectivity index is 1.64. The van der Waals surface area contributed by atoms with E-state index in [0.29, 0.717) is 19.7 Å². The number of ether oxygens (including phenoxy) is 1. The second-order valence-electron chi connectivity index (χ2n) is 4.85. The maximum atomic E-state index is 12.2. The molecule has 0 aliphatic carbocycles. The number of carbonyl (C=O) groups excluding carboxylic acids is 1. The summed E-state index contributed by atoms with van der Waals surface area (Å²) < 4.78 is 7.31. The zero-order valence-electron chi connectivity index (χ0n) is 11.3. The van der Waals surface area contributed by atoms with Crippen LogP contribution in [0.3, 0.4) is 0 Å². The smallest absolute Gasteiger partial charge is 0.244 e.